The lowest BCUT2D eigenvalue weighted by molar-refractivity contribution is -0.142. The summed E-state index contributed by atoms with van der Waals surface area (Å²) in [5, 5.41) is 9.15. The van der Waals surface area contributed by atoms with Crippen molar-refractivity contribution in [3.63, 3.8) is 0 Å². The summed E-state index contributed by atoms with van der Waals surface area (Å²) in [6, 6.07) is 0. The Hall–Kier alpha value is -1.36. The van der Waals surface area contributed by atoms with E-state index in [0.29, 0.717) is 12.5 Å². The van der Waals surface area contributed by atoms with E-state index >= 15 is 0 Å². The van der Waals surface area contributed by atoms with Gasteiger partial charge in [0.15, 0.2) is 0 Å². The van der Waals surface area contributed by atoms with E-state index in [-0.39, 0.29) is 5.92 Å². The molecule has 1 aromatic rings. The van der Waals surface area contributed by atoms with E-state index in [1.165, 1.54) is 5.69 Å². The number of fused-ring (bicyclic) bond motifs is 1. The minimum absolute atomic E-state index is 0.259. The van der Waals surface area contributed by atoms with Gasteiger partial charge in [-0.25, -0.2) is 4.98 Å². The van der Waals surface area contributed by atoms with Crippen LogP contribution < -0.4 is 0 Å². The second kappa shape index (κ2) is 4.72. The first-order valence-corrected chi connectivity index (χ1v) is 6.60. The van der Waals surface area contributed by atoms with Crippen LogP contribution in [0.4, 0.5) is 0 Å². The second-order valence-corrected chi connectivity index (χ2v) is 5.18. The Balaban J connectivity index is 1.84. The molecule has 0 spiro atoms. The summed E-state index contributed by atoms with van der Waals surface area (Å²) < 4.78 is 7.51. The molecule has 1 aromatic heterocycles. The number of hydrogen-bond acceptors (Lipinski definition) is 3. The summed E-state index contributed by atoms with van der Waals surface area (Å²) in [7, 11) is 0. The van der Waals surface area contributed by atoms with Crippen molar-refractivity contribution in [3.05, 3.63) is 17.7 Å². The van der Waals surface area contributed by atoms with Crippen molar-refractivity contribution in [2.24, 2.45) is 5.92 Å². The lowest BCUT2D eigenvalue weighted by atomic mass is 9.96. The fourth-order valence-electron chi connectivity index (χ4n) is 2.95. The third kappa shape index (κ3) is 2.03. The highest BCUT2D eigenvalue weighted by molar-refractivity contribution is 5.70. The number of aryl methyl sites for hydroxylation is 1. The lowest BCUT2D eigenvalue weighted by Gasteiger charge is -2.27. The van der Waals surface area contributed by atoms with Crippen molar-refractivity contribution >= 4 is 5.97 Å². The summed E-state index contributed by atoms with van der Waals surface area (Å²) in [6.07, 6.45) is 5.46. The topological polar surface area (TPSA) is 64.3 Å². The van der Waals surface area contributed by atoms with Crippen molar-refractivity contribution in [2.75, 3.05) is 13.2 Å². The van der Waals surface area contributed by atoms with Gasteiger partial charge in [0.1, 0.15) is 5.82 Å². The monoisotopic (exact) mass is 250 g/mol. The smallest absolute Gasteiger partial charge is 0.308 e. The van der Waals surface area contributed by atoms with Crippen LogP contribution in [0.15, 0.2) is 6.20 Å². The number of hydrogen-bond donors (Lipinski definition) is 1. The molecule has 3 rings (SSSR count). The van der Waals surface area contributed by atoms with Gasteiger partial charge >= 0.3 is 5.97 Å². The number of carbonyl (C=O) groups is 1. The van der Waals surface area contributed by atoms with E-state index in [9.17, 15) is 4.79 Å². The maximum atomic E-state index is 11.1. The lowest BCUT2D eigenvalue weighted by Crippen LogP contribution is -2.28. The number of nitrogens with zero attached hydrogens (tertiary/aromatic N) is 2. The highest BCUT2D eigenvalue weighted by Gasteiger charge is 2.29. The molecule has 5 nitrogen and oxygen atoms in total. The van der Waals surface area contributed by atoms with E-state index in [1.54, 1.807) is 0 Å². The molecule has 0 aromatic carbocycles. The molecule has 5 heteroatoms. The Morgan fingerprint density at radius 2 is 2.17 bits per heavy atom. The maximum Gasteiger partial charge on any atom is 0.308 e. The number of ether oxygens (including phenoxy) is 1. The molecule has 0 amide bonds. The van der Waals surface area contributed by atoms with Crippen LogP contribution in [0.1, 0.15) is 36.7 Å². The molecule has 3 heterocycles. The molecule has 0 aliphatic carbocycles. The van der Waals surface area contributed by atoms with Gasteiger partial charge in [0.25, 0.3) is 0 Å². The summed E-state index contributed by atoms with van der Waals surface area (Å²) in [6.45, 7) is 2.15. The molecule has 1 atom stereocenters. The number of aliphatic carboxylic acids is 1. The Labute approximate surface area is 106 Å². The first-order valence-electron chi connectivity index (χ1n) is 6.60. The van der Waals surface area contributed by atoms with Crippen LogP contribution in [0.5, 0.6) is 0 Å². The highest BCUT2D eigenvalue weighted by Crippen LogP contribution is 2.30. The zero-order chi connectivity index (χ0) is 12.5. The van der Waals surface area contributed by atoms with Crippen molar-refractivity contribution in [3.8, 4) is 0 Å². The SMILES string of the molecule is O=C(O)C1CCc2cnc(C3CCOCC3)n2C1. The van der Waals surface area contributed by atoms with E-state index in [0.717, 1.165) is 44.7 Å². The van der Waals surface area contributed by atoms with Gasteiger partial charge in [-0.2, -0.15) is 0 Å². The van der Waals surface area contributed by atoms with Gasteiger partial charge in [-0.1, -0.05) is 0 Å². The van der Waals surface area contributed by atoms with Crippen LogP contribution in [0.25, 0.3) is 0 Å². The van der Waals surface area contributed by atoms with Gasteiger partial charge in [-0.05, 0) is 25.7 Å². The van der Waals surface area contributed by atoms with Gasteiger partial charge in [0.2, 0.25) is 0 Å². The predicted octanol–water partition coefficient (Wildman–Crippen LogP) is 1.42. The molecule has 1 unspecified atom stereocenters. The van der Waals surface area contributed by atoms with Gasteiger partial charge in [-0.15, -0.1) is 0 Å². The molecular weight excluding hydrogens is 232 g/mol. The number of rotatable bonds is 2. The summed E-state index contributed by atoms with van der Waals surface area (Å²) >= 11 is 0. The zero-order valence-corrected chi connectivity index (χ0v) is 10.3. The molecule has 2 aliphatic rings. The molecule has 0 saturated carbocycles. The average Bonchev–Trinajstić information content (AvgIpc) is 2.82. The first kappa shape index (κ1) is 11.7. The normalized spacial score (nSPS) is 24.8. The minimum atomic E-state index is -0.688. The van der Waals surface area contributed by atoms with Crippen molar-refractivity contribution in [1.29, 1.82) is 0 Å². The molecular formula is C13H18N2O3. The number of carboxylic acid groups (broad SMARTS) is 1. The summed E-state index contributed by atoms with van der Waals surface area (Å²) in [4.78, 5) is 15.6. The van der Waals surface area contributed by atoms with Gasteiger partial charge in [0.05, 0.1) is 5.92 Å². The predicted molar refractivity (Wildman–Crippen MR) is 64.5 cm³/mol. The summed E-state index contributed by atoms with van der Waals surface area (Å²) in [5.74, 6) is 0.553. The van der Waals surface area contributed by atoms with Crippen LogP contribution >= 0.6 is 0 Å². The first-order chi connectivity index (χ1) is 8.75. The van der Waals surface area contributed by atoms with E-state index in [1.807, 2.05) is 6.20 Å². The molecule has 1 fully saturated rings. The molecule has 18 heavy (non-hydrogen) atoms. The van der Waals surface area contributed by atoms with E-state index in [2.05, 4.69) is 9.55 Å². The molecule has 1 N–H and O–H groups in total. The van der Waals surface area contributed by atoms with E-state index < -0.39 is 5.97 Å². The molecule has 98 valence electrons. The molecule has 1 saturated heterocycles. The Morgan fingerprint density at radius 1 is 1.39 bits per heavy atom. The Bertz CT molecular complexity index is 449. The third-order valence-electron chi connectivity index (χ3n) is 4.06. The second-order valence-electron chi connectivity index (χ2n) is 5.18. The number of carboxylic acids is 1. The van der Waals surface area contributed by atoms with Crippen LogP contribution in [0, 0.1) is 5.92 Å². The van der Waals surface area contributed by atoms with Crippen LogP contribution in [0.3, 0.4) is 0 Å². The summed E-state index contributed by atoms with van der Waals surface area (Å²) in [5.41, 5.74) is 1.19. The maximum absolute atomic E-state index is 11.1. The zero-order valence-electron chi connectivity index (χ0n) is 10.3. The van der Waals surface area contributed by atoms with Gasteiger partial charge in [0, 0.05) is 37.6 Å². The van der Waals surface area contributed by atoms with Crippen LogP contribution in [-0.2, 0) is 22.5 Å². The standard InChI is InChI=1S/C13H18N2O3/c16-13(17)10-1-2-11-7-14-12(15(11)8-10)9-3-5-18-6-4-9/h7,9-10H,1-6,8H2,(H,16,17). The molecule has 0 radical (unpaired) electrons. The van der Waals surface area contributed by atoms with Crippen molar-refractivity contribution in [2.45, 2.75) is 38.1 Å². The Kier molecular flexibility index (Phi) is 3.07. The molecule has 0 bridgehead atoms. The minimum Gasteiger partial charge on any atom is -0.481 e. The van der Waals surface area contributed by atoms with Crippen molar-refractivity contribution < 1.29 is 14.6 Å². The largest absolute Gasteiger partial charge is 0.481 e. The van der Waals surface area contributed by atoms with Crippen molar-refractivity contribution in [1.82, 2.24) is 9.55 Å². The fourth-order valence-corrected chi connectivity index (χ4v) is 2.95. The third-order valence-corrected chi connectivity index (χ3v) is 4.06. The fraction of sp³-hybridized carbons (Fsp3) is 0.692. The highest BCUT2D eigenvalue weighted by atomic mass is 16.5. The number of imidazole rings is 1. The van der Waals surface area contributed by atoms with E-state index in [4.69, 9.17) is 9.84 Å². The van der Waals surface area contributed by atoms with Crippen LogP contribution in [-0.4, -0.2) is 33.8 Å². The van der Waals surface area contributed by atoms with Crippen LogP contribution in [0.2, 0.25) is 0 Å². The Morgan fingerprint density at radius 3 is 2.89 bits per heavy atom. The number of aromatic nitrogens is 2. The van der Waals surface area contributed by atoms with Gasteiger partial charge in [-0.3, -0.25) is 4.79 Å². The molecule has 2 aliphatic heterocycles. The quantitative estimate of drug-likeness (QED) is 0.862. The van der Waals surface area contributed by atoms with Gasteiger partial charge < -0.3 is 14.4 Å². The average molecular weight is 250 g/mol.